The number of aromatic nitrogens is 2. The van der Waals surface area contributed by atoms with E-state index >= 15 is 0 Å². The van der Waals surface area contributed by atoms with Crippen LogP contribution in [0.3, 0.4) is 0 Å². The number of aryl methyl sites for hydroxylation is 3. The highest BCUT2D eigenvalue weighted by molar-refractivity contribution is 6.02. The van der Waals surface area contributed by atoms with Crippen molar-refractivity contribution < 1.29 is 4.74 Å². The number of ether oxygens (including phenoxy) is 1. The van der Waals surface area contributed by atoms with Gasteiger partial charge < -0.3 is 14.5 Å². The first-order chi connectivity index (χ1) is 15.8. The molecule has 1 aromatic heterocycles. The third kappa shape index (κ3) is 6.84. The van der Waals surface area contributed by atoms with Crippen LogP contribution in [0.4, 0.5) is 11.5 Å². The van der Waals surface area contributed by atoms with Crippen LogP contribution < -0.4 is 4.90 Å². The normalized spacial score (nSPS) is 19.6. The highest BCUT2D eigenvalue weighted by atomic mass is 16.5. The summed E-state index contributed by atoms with van der Waals surface area (Å²) in [5.74, 6) is 3.43. The highest BCUT2D eigenvalue weighted by Gasteiger charge is 2.21. The lowest BCUT2D eigenvalue weighted by atomic mass is 9.96. The van der Waals surface area contributed by atoms with Gasteiger partial charge in [-0.2, -0.15) is 0 Å². The molecule has 2 fully saturated rings. The fourth-order valence-corrected chi connectivity index (χ4v) is 4.34. The number of hydrogen-bond acceptors (Lipinski definition) is 6. The van der Waals surface area contributed by atoms with Crippen LogP contribution in [0, 0.1) is 32.6 Å². The van der Waals surface area contributed by atoms with E-state index in [0.29, 0.717) is 0 Å². The Balaban J connectivity index is 0.000000323. The Hall–Kier alpha value is -2.31. The molecule has 2 aliphatic heterocycles. The van der Waals surface area contributed by atoms with Gasteiger partial charge >= 0.3 is 0 Å². The molecule has 4 rings (SSSR count). The van der Waals surface area contributed by atoms with Crippen molar-refractivity contribution in [1.82, 2.24) is 14.9 Å². The highest BCUT2D eigenvalue weighted by Crippen LogP contribution is 2.31. The summed E-state index contributed by atoms with van der Waals surface area (Å²) < 4.78 is 5.22. The number of aliphatic imine (C=N–C) groups is 1. The smallest absolute Gasteiger partial charge is 0.158 e. The Morgan fingerprint density at radius 2 is 1.76 bits per heavy atom. The van der Waals surface area contributed by atoms with Gasteiger partial charge in [0.2, 0.25) is 0 Å². The molecule has 1 atom stereocenters. The molecule has 6 heteroatoms. The zero-order chi connectivity index (χ0) is 24.0. The molecule has 2 aromatic rings. The van der Waals surface area contributed by atoms with Crippen molar-refractivity contribution in [2.75, 3.05) is 51.3 Å². The molecule has 2 aliphatic rings. The number of likely N-dealkylation sites (N-methyl/N-ethyl adjacent to an activating group) is 1. The topological polar surface area (TPSA) is 53.9 Å². The molecule has 0 radical (unpaired) electrons. The van der Waals surface area contributed by atoms with E-state index < -0.39 is 0 Å². The maximum Gasteiger partial charge on any atom is 0.158 e. The molecule has 3 heterocycles. The fourth-order valence-electron chi connectivity index (χ4n) is 4.34. The van der Waals surface area contributed by atoms with Gasteiger partial charge in [-0.05, 0) is 64.1 Å². The van der Waals surface area contributed by atoms with Gasteiger partial charge in [-0.25, -0.2) is 15.0 Å². The molecule has 0 bridgehead atoms. The van der Waals surface area contributed by atoms with E-state index in [1.165, 1.54) is 17.5 Å². The Kier molecular flexibility index (Phi) is 8.98. The number of nitrogens with zero attached hydrogens (tertiary/aromatic N) is 5. The molecule has 1 aromatic carbocycles. The minimum atomic E-state index is 0.805. The lowest BCUT2D eigenvalue weighted by molar-refractivity contribution is 0.177. The lowest BCUT2D eigenvalue weighted by Gasteiger charge is -2.34. The van der Waals surface area contributed by atoms with Gasteiger partial charge in [0, 0.05) is 45.1 Å². The number of benzene rings is 1. The van der Waals surface area contributed by atoms with Crippen LogP contribution in [0.2, 0.25) is 0 Å². The standard InChI is InChI=1S/C20H27N5.C7H14O/c1-14-8-6-7-9-18(14)15(2)22-19-16(3)21-17(4)23-20(19)25-12-10-24(5)11-13-25;1-6(2)7-3-4-8-5-7/h6-9H,10-13H2,1-5H3;6-7H,3-5H2,1-2H3. The van der Waals surface area contributed by atoms with Gasteiger partial charge in [0.25, 0.3) is 0 Å². The third-order valence-corrected chi connectivity index (χ3v) is 6.68. The van der Waals surface area contributed by atoms with Crippen molar-refractivity contribution in [3.8, 4) is 0 Å². The van der Waals surface area contributed by atoms with Crippen molar-refractivity contribution in [3.63, 3.8) is 0 Å². The molecule has 180 valence electrons. The maximum atomic E-state index is 5.22. The van der Waals surface area contributed by atoms with Gasteiger partial charge in [-0.1, -0.05) is 38.1 Å². The molecule has 2 saturated heterocycles. The summed E-state index contributed by atoms with van der Waals surface area (Å²) in [7, 11) is 2.16. The summed E-state index contributed by atoms with van der Waals surface area (Å²) in [4.78, 5) is 18.9. The monoisotopic (exact) mass is 451 g/mol. The fraction of sp³-hybridized carbons (Fsp3) is 0.593. The van der Waals surface area contributed by atoms with Gasteiger partial charge in [-0.15, -0.1) is 0 Å². The minimum absolute atomic E-state index is 0.805. The quantitative estimate of drug-likeness (QED) is 0.614. The second kappa shape index (κ2) is 11.7. The summed E-state index contributed by atoms with van der Waals surface area (Å²) in [5, 5.41) is 0. The average Bonchev–Trinajstić information content (AvgIpc) is 3.32. The van der Waals surface area contributed by atoms with E-state index in [9.17, 15) is 0 Å². The van der Waals surface area contributed by atoms with Crippen molar-refractivity contribution in [2.45, 2.75) is 48.0 Å². The van der Waals surface area contributed by atoms with Crippen molar-refractivity contribution in [1.29, 1.82) is 0 Å². The second-order valence-electron chi connectivity index (χ2n) is 9.70. The molecule has 0 spiro atoms. The summed E-state index contributed by atoms with van der Waals surface area (Å²) in [6.45, 7) is 18.7. The molecule has 0 saturated carbocycles. The molecule has 6 nitrogen and oxygen atoms in total. The van der Waals surface area contributed by atoms with Gasteiger partial charge in [0.15, 0.2) is 5.82 Å². The molecular formula is C27H41N5O. The Morgan fingerprint density at radius 1 is 1.06 bits per heavy atom. The number of rotatable bonds is 4. The SMILES string of the molecule is CC(=Nc1c(C)nc(C)nc1N1CCN(C)CC1)c1ccccc1C.CC(C)C1CCOC1. The van der Waals surface area contributed by atoms with Crippen LogP contribution in [0.5, 0.6) is 0 Å². The molecule has 0 amide bonds. The molecule has 0 N–H and O–H groups in total. The summed E-state index contributed by atoms with van der Waals surface area (Å²) in [5.41, 5.74) is 5.25. The number of anilines is 1. The predicted molar refractivity (Wildman–Crippen MR) is 138 cm³/mol. The zero-order valence-corrected chi connectivity index (χ0v) is 21.6. The van der Waals surface area contributed by atoms with Crippen molar-refractivity contribution >= 4 is 17.2 Å². The first-order valence-electron chi connectivity index (χ1n) is 12.2. The Labute approximate surface area is 200 Å². The van der Waals surface area contributed by atoms with Crippen LogP contribution >= 0.6 is 0 Å². The predicted octanol–water partition coefficient (Wildman–Crippen LogP) is 4.97. The third-order valence-electron chi connectivity index (χ3n) is 6.68. The van der Waals surface area contributed by atoms with Gasteiger partial charge in [-0.3, -0.25) is 0 Å². The maximum absolute atomic E-state index is 5.22. The minimum Gasteiger partial charge on any atom is -0.381 e. The average molecular weight is 452 g/mol. The molecule has 33 heavy (non-hydrogen) atoms. The Morgan fingerprint density at radius 3 is 2.33 bits per heavy atom. The van der Waals surface area contributed by atoms with Crippen LogP contribution in [-0.4, -0.2) is 67.0 Å². The second-order valence-corrected chi connectivity index (χ2v) is 9.70. The first kappa shape index (κ1) is 25.3. The molecule has 0 aliphatic carbocycles. The van der Waals surface area contributed by atoms with E-state index in [4.69, 9.17) is 14.7 Å². The van der Waals surface area contributed by atoms with E-state index in [1.54, 1.807) is 0 Å². The lowest BCUT2D eigenvalue weighted by Crippen LogP contribution is -2.45. The summed E-state index contributed by atoms with van der Waals surface area (Å²) in [6.07, 6.45) is 1.28. The zero-order valence-electron chi connectivity index (χ0n) is 21.6. The van der Waals surface area contributed by atoms with E-state index in [-0.39, 0.29) is 0 Å². The van der Waals surface area contributed by atoms with E-state index in [2.05, 4.69) is 73.8 Å². The van der Waals surface area contributed by atoms with E-state index in [0.717, 1.165) is 80.0 Å². The van der Waals surface area contributed by atoms with Crippen LogP contribution in [0.1, 0.15) is 49.8 Å². The summed E-state index contributed by atoms with van der Waals surface area (Å²) in [6, 6.07) is 8.35. The van der Waals surface area contributed by atoms with Crippen molar-refractivity contribution in [3.05, 3.63) is 46.9 Å². The van der Waals surface area contributed by atoms with Crippen LogP contribution in [0.15, 0.2) is 29.3 Å². The summed E-state index contributed by atoms with van der Waals surface area (Å²) >= 11 is 0. The van der Waals surface area contributed by atoms with Crippen molar-refractivity contribution in [2.24, 2.45) is 16.8 Å². The first-order valence-corrected chi connectivity index (χ1v) is 12.2. The Bertz CT molecular complexity index is 942. The number of piperazine rings is 1. The van der Waals surface area contributed by atoms with Gasteiger partial charge in [0.05, 0.1) is 5.69 Å². The number of hydrogen-bond donors (Lipinski definition) is 0. The molecular weight excluding hydrogens is 410 g/mol. The van der Waals surface area contributed by atoms with Gasteiger partial charge in [0.1, 0.15) is 11.5 Å². The van der Waals surface area contributed by atoms with Crippen LogP contribution in [-0.2, 0) is 4.74 Å². The van der Waals surface area contributed by atoms with E-state index in [1.807, 2.05) is 13.8 Å². The molecule has 1 unspecified atom stereocenters. The largest absolute Gasteiger partial charge is 0.381 e. The van der Waals surface area contributed by atoms with Crippen LogP contribution in [0.25, 0.3) is 0 Å².